The van der Waals surface area contributed by atoms with Crippen LogP contribution < -0.4 is 25.1 Å². The number of nitrogens with zero attached hydrogens (tertiary/aromatic N) is 2. The Morgan fingerprint density at radius 3 is 2.56 bits per heavy atom. The minimum absolute atomic E-state index is 0.131. The summed E-state index contributed by atoms with van der Waals surface area (Å²) in [6.07, 6.45) is 0. The smallest absolute Gasteiger partial charge is 0.279 e. The SMILES string of the molecule is CCOc1ccc(-n2nc(C(=O)Nc3ccc4c(c3)OCO4)c3ccccc3c2=O)cc1. The number of carbonyl (C=O) groups excluding carboxylic acids is 1. The summed E-state index contributed by atoms with van der Waals surface area (Å²) in [5, 5.41) is 8.11. The normalized spacial score (nSPS) is 12.0. The molecular formula is C24H19N3O5. The van der Waals surface area contributed by atoms with Crippen LogP contribution in [0.2, 0.25) is 0 Å². The predicted molar refractivity (Wildman–Crippen MR) is 119 cm³/mol. The highest BCUT2D eigenvalue weighted by Crippen LogP contribution is 2.34. The van der Waals surface area contributed by atoms with Crippen molar-refractivity contribution < 1.29 is 19.0 Å². The lowest BCUT2D eigenvalue weighted by molar-refractivity contribution is 0.102. The quantitative estimate of drug-likeness (QED) is 0.519. The van der Waals surface area contributed by atoms with Gasteiger partial charge >= 0.3 is 0 Å². The molecule has 0 saturated heterocycles. The number of nitrogens with one attached hydrogen (secondary N) is 1. The summed E-state index contributed by atoms with van der Waals surface area (Å²) in [7, 11) is 0. The van der Waals surface area contributed by atoms with Crippen molar-refractivity contribution >= 4 is 22.4 Å². The summed E-state index contributed by atoms with van der Waals surface area (Å²) >= 11 is 0. The van der Waals surface area contributed by atoms with E-state index in [-0.39, 0.29) is 18.0 Å². The highest BCUT2D eigenvalue weighted by Gasteiger charge is 2.19. The fourth-order valence-electron chi connectivity index (χ4n) is 3.55. The Balaban J connectivity index is 1.57. The molecule has 4 aromatic rings. The highest BCUT2D eigenvalue weighted by molar-refractivity contribution is 6.11. The van der Waals surface area contributed by atoms with Crippen LogP contribution in [-0.2, 0) is 0 Å². The van der Waals surface area contributed by atoms with Crippen LogP contribution in [0.3, 0.4) is 0 Å². The van der Waals surface area contributed by atoms with Crippen LogP contribution in [0.1, 0.15) is 17.4 Å². The molecule has 1 N–H and O–H groups in total. The van der Waals surface area contributed by atoms with E-state index < -0.39 is 5.91 Å². The Labute approximate surface area is 183 Å². The number of hydrogen-bond acceptors (Lipinski definition) is 6. The van der Waals surface area contributed by atoms with Gasteiger partial charge in [0.05, 0.1) is 17.7 Å². The lowest BCUT2D eigenvalue weighted by Crippen LogP contribution is -2.26. The number of fused-ring (bicyclic) bond motifs is 2. The summed E-state index contributed by atoms with van der Waals surface area (Å²) in [6.45, 7) is 2.58. The third-order valence-electron chi connectivity index (χ3n) is 5.04. The van der Waals surface area contributed by atoms with Gasteiger partial charge < -0.3 is 19.5 Å². The fourth-order valence-corrected chi connectivity index (χ4v) is 3.55. The Hall–Kier alpha value is -4.33. The van der Waals surface area contributed by atoms with E-state index in [9.17, 15) is 9.59 Å². The van der Waals surface area contributed by atoms with Crippen molar-refractivity contribution in [3.63, 3.8) is 0 Å². The van der Waals surface area contributed by atoms with E-state index in [0.717, 1.165) is 0 Å². The highest BCUT2D eigenvalue weighted by atomic mass is 16.7. The minimum Gasteiger partial charge on any atom is -0.494 e. The van der Waals surface area contributed by atoms with Crippen LogP contribution >= 0.6 is 0 Å². The fraction of sp³-hybridized carbons (Fsp3) is 0.125. The van der Waals surface area contributed by atoms with E-state index in [1.54, 1.807) is 66.7 Å². The van der Waals surface area contributed by atoms with E-state index in [1.165, 1.54) is 4.68 Å². The van der Waals surface area contributed by atoms with Crippen molar-refractivity contribution in [2.75, 3.05) is 18.7 Å². The molecule has 1 aliphatic rings. The average molecular weight is 429 g/mol. The van der Waals surface area contributed by atoms with Gasteiger partial charge in [0.2, 0.25) is 6.79 Å². The summed E-state index contributed by atoms with van der Waals surface area (Å²) in [5.74, 6) is 1.42. The molecule has 160 valence electrons. The zero-order chi connectivity index (χ0) is 22.1. The molecule has 8 heteroatoms. The second kappa shape index (κ2) is 8.07. The lowest BCUT2D eigenvalue weighted by atomic mass is 10.1. The Morgan fingerprint density at radius 2 is 1.78 bits per heavy atom. The second-order valence-electron chi connectivity index (χ2n) is 7.06. The zero-order valence-electron chi connectivity index (χ0n) is 17.2. The molecule has 2 heterocycles. The van der Waals surface area contributed by atoms with Crippen molar-refractivity contribution in [1.29, 1.82) is 0 Å². The molecule has 32 heavy (non-hydrogen) atoms. The van der Waals surface area contributed by atoms with Crippen LogP contribution in [-0.4, -0.2) is 29.1 Å². The van der Waals surface area contributed by atoms with Crippen molar-refractivity contribution in [1.82, 2.24) is 9.78 Å². The van der Waals surface area contributed by atoms with E-state index >= 15 is 0 Å². The summed E-state index contributed by atoms with van der Waals surface area (Å²) < 4.78 is 17.4. The topological polar surface area (TPSA) is 91.7 Å². The number of benzene rings is 3. The van der Waals surface area contributed by atoms with E-state index in [2.05, 4.69) is 10.4 Å². The van der Waals surface area contributed by atoms with Gasteiger partial charge in [-0.05, 0) is 49.4 Å². The lowest BCUT2D eigenvalue weighted by Gasteiger charge is -2.12. The van der Waals surface area contributed by atoms with Gasteiger partial charge in [-0.3, -0.25) is 9.59 Å². The van der Waals surface area contributed by atoms with Crippen LogP contribution in [0.5, 0.6) is 17.2 Å². The van der Waals surface area contributed by atoms with Gasteiger partial charge in [0.15, 0.2) is 17.2 Å². The maximum atomic E-state index is 13.2. The van der Waals surface area contributed by atoms with Crippen molar-refractivity contribution in [2.24, 2.45) is 0 Å². The first-order valence-electron chi connectivity index (χ1n) is 10.1. The Kier molecular flexibility index (Phi) is 4.95. The van der Waals surface area contributed by atoms with Crippen molar-refractivity contribution in [3.05, 3.63) is 82.8 Å². The van der Waals surface area contributed by atoms with Gasteiger partial charge in [-0.2, -0.15) is 9.78 Å². The third kappa shape index (κ3) is 3.51. The maximum absolute atomic E-state index is 13.2. The zero-order valence-corrected chi connectivity index (χ0v) is 17.2. The van der Waals surface area contributed by atoms with Crippen molar-refractivity contribution in [3.8, 4) is 22.9 Å². The molecule has 0 aliphatic carbocycles. The van der Waals surface area contributed by atoms with Gasteiger partial charge in [-0.25, -0.2) is 0 Å². The molecule has 3 aromatic carbocycles. The second-order valence-corrected chi connectivity index (χ2v) is 7.06. The monoisotopic (exact) mass is 429 g/mol. The number of carbonyl (C=O) groups is 1. The van der Waals surface area contributed by atoms with Gasteiger partial charge in [0, 0.05) is 17.1 Å². The molecule has 0 spiro atoms. The van der Waals surface area contributed by atoms with Crippen LogP contribution in [0.4, 0.5) is 5.69 Å². The average Bonchev–Trinajstić information content (AvgIpc) is 3.28. The Morgan fingerprint density at radius 1 is 1.03 bits per heavy atom. The summed E-state index contributed by atoms with van der Waals surface area (Å²) in [6, 6.07) is 19.0. The number of hydrogen-bond donors (Lipinski definition) is 1. The van der Waals surface area contributed by atoms with Gasteiger partial charge in [0.1, 0.15) is 5.75 Å². The largest absolute Gasteiger partial charge is 0.494 e. The molecule has 0 bridgehead atoms. The molecule has 1 aromatic heterocycles. The standard InChI is InChI=1S/C24H19N3O5/c1-2-30-17-10-8-16(9-11-17)27-24(29)19-6-4-3-5-18(19)22(26-27)23(28)25-15-7-12-20-21(13-15)32-14-31-20/h3-13H,2,14H2,1H3,(H,25,28). The van der Waals surface area contributed by atoms with Crippen LogP contribution in [0.25, 0.3) is 16.5 Å². The van der Waals surface area contributed by atoms with Crippen LogP contribution in [0, 0.1) is 0 Å². The minimum atomic E-state index is -0.445. The van der Waals surface area contributed by atoms with Crippen LogP contribution in [0.15, 0.2) is 71.5 Å². The summed E-state index contributed by atoms with van der Waals surface area (Å²) in [5.41, 5.74) is 0.876. The van der Waals surface area contributed by atoms with Gasteiger partial charge in [0.25, 0.3) is 11.5 Å². The molecule has 8 nitrogen and oxygen atoms in total. The van der Waals surface area contributed by atoms with Gasteiger partial charge in [-0.15, -0.1) is 0 Å². The number of rotatable bonds is 5. The first-order valence-corrected chi connectivity index (χ1v) is 10.1. The number of anilines is 1. The number of ether oxygens (including phenoxy) is 3. The molecule has 0 unspecified atom stereocenters. The molecule has 1 aliphatic heterocycles. The van der Waals surface area contributed by atoms with E-state index in [0.29, 0.717) is 46.0 Å². The van der Waals surface area contributed by atoms with E-state index in [4.69, 9.17) is 14.2 Å². The maximum Gasteiger partial charge on any atom is 0.279 e. The molecule has 1 amide bonds. The molecule has 0 saturated carbocycles. The molecule has 5 rings (SSSR count). The Bertz CT molecular complexity index is 1380. The molecule has 0 fully saturated rings. The first kappa shape index (κ1) is 19.6. The summed E-state index contributed by atoms with van der Waals surface area (Å²) in [4.78, 5) is 26.3. The molecule has 0 radical (unpaired) electrons. The number of aromatic nitrogens is 2. The molecular weight excluding hydrogens is 410 g/mol. The predicted octanol–water partition coefficient (Wildman–Crippen LogP) is 3.77. The van der Waals surface area contributed by atoms with Crippen molar-refractivity contribution in [2.45, 2.75) is 6.92 Å². The number of amides is 1. The third-order valence-corrected chi connectivity index (χ3v) is 5.04. The van der Waals surface area contributed by atoms with E-state index in [1.807, 2.05) is 6.92 Å². The van der Waals surface area contributed by atoms with Gasteiger partial charge in [-0.1, -0.05) is 18.2 Å². The first-order chi connectivity index (χ1) is 15.6. The molecule has 0 atom stereocenters.